The van der Waals surface area contributed by atoms with Crippen LogP contribution in [0.3, 0.4) is 0 Å². The molecule has 9 heteroatoms. The lowest BCUT2D eigenvalue weighted by Crippen LogP contribution is -2.72. The third-order valence-corrected chi connectivity index (χ3v) is 8.33. The fourth-order valence-corrected chi connectivity index (χ4v) is 5.91. The number of likely N-dealkylation sites (N-methyl/N-ethyl adjacent to an activating group) is 1. The van der Waals surface area contributed by atoms with Crippen LogP contribution in [0.2, 0.25) is 0 Å². The molecule has 4 unspecified atom stereocenters. The summed E-state index contributed by atoms with van der Waals surface area (Å²) in [7, 11) is -0.695. The Morgan fingerprint density at radius 1 is 0.886 bits per heavy atom. The Bertz CT molecular complexity index is 679. The molecule has 0 fully saturated rings. The third-order valence-electron chi connectivity index (χ3n) is 7.53. The van der Waals surface area contributed by atoms with E-state index in [9.17, 15) is 28.5 Å². The molecule has 8 nitrogen and oxygen atoms in total. The summed E-state index contributed by atoms with van der Waals surface area (Å²) in [6, 6.07) is -0.216. The summed E-state index contributed by atoms with van der Waals surface area (Å²) < 4.78 is 31.6. The highest BCUT2D eigenvalue weighted by Crippen LogP contribution is 2.37. The van der Waals surface area contributed by atoms with Crippen molar-refractivity contribution in [2.45, 2.75) is 141 Å². The summed E-state index contributed by atoms with van der Waals surface area (Å²) in [5.41, 5.74) is -1.56. The van der Waals surface area contributed by atoms with Gasteiger partial charge in [-0.1, -0.05) is 64.7 Å². The number of carboxylic acids is 1. The van der Waals surface area contributed by atoms with Gasteiger partial charge in [0.2, 0.25) is 0 Å². The van der Waals surface area contributed by atoms with Gasteiger partial charge >= 0.3 is 0 Å². The molecule has 0 saturated carbocycles. The fourth-order valence-electron chi connectivity index (χ4n) is 5.40. The molecule has 35 heavy (non-hydrogen) atoms. The number of carbonyl (C=O) groups is 1. The predicted octanol–water partition coefficient (Wildman–Crippen LogP) is 3.44. The maximum Gasteiger partial charge on any atom is 0.264 e. The van der Waals surface area contributed by atoms with Crippen molar-refractivity contribution in [3.8, 4) is 0 Å². The highest BCUT2D eigenvalue weighted by Gasteiger charge is 2.51. The highest BCUT2D eigenvalue weighted by molar-refractivity contribution is 7.85. The van der Waals surface area contributed by atoms with Crippen LogP contribution in [0, 0.1) is 0 Å². The molecule has 0 radical (unpaired) electrons. The van der Waals surface area contributed by atoms with E-state index in [1.54, 1.807) is 21.0 Å². The summed E-state index contributed by atoms with van der Waals surface area (Å²) in [6.45, 7) is 5.40. The molecule has 0 heterocycles. The van der Waals surface area contributed by atoms with Crippen LogP contribution < -0.4 is 5.11 Å². The minimum atomic E-state index is -4.24. The largest absolute Gasteiger partial charge is 0.544 e. The minimum absolute atomic E-state index is 0.0337. The zero-order chi connectivity index (χ0) is 27.1. The number of hydrogen-bond acceptors (Lipinski definition) is 6. The second-order valence-corrected chi connectivity index (χ2v) is 12.6. The first-order valence-electron chi connectivity index (χ1n) is 13.6. The molecular weight excluding hydrogens is 470 g/mol. The summed E-state index contributed by atoms with van der Waals surface area (Å²) >= 11 is 0. The molecule has 0 aromatic heterocycles. The second kappa shape index (κ2) is 16.9. The van der Waals surface area contributed by atoms with Crippen molar-refractivity contribution in [2.75, 3.05) is 19.8 Å². The van der Waals surface area contributed by atoms with Crippen molar-refractivity contribution >= 4 is 16.1 Å². The van der Waals surface area contributed by atoms with Gasteiger partial charge in [0.1, 0.15) is 11.5 Å². The first-order chi connectivity index (χ1) is 16.2. The number of aliphatic hydroxyl groups is 2. The summed E-state index contributed by atoms with van der Waals surface area (Å²) in [5, 5.41) is 32.9. The molecule has 210 valence electrons. The summed E-state index contributed by atoms with van der Waals surface area (Å²) in [6.07, 6.45) is 11.2. The van der Waals surface area contributed by atoms with Gasteiger partial charge in [-0.15, -0.1) is 0 Å². The smallest absolute Gasteiger partial charge is 0.264 e. The van der Waals surface area contributed by atoms with Crippen LogP contribution in [-0.4, -0.2) is 77.3 Å². The number of carboxylic acid groups (broad SMARTS) is 1. The second-order valence-electron chi connectivity index (χ2n) is 11.0. The topological polar surface area (TPSA) is 135 Å². The van der Waals surface area contributed by atoms with E-state index >= 15 is 0 Å². The number of quaternary nitrogens is 1. The number of aliphatic hydroxyl groups excluding tert-OH is 2. The van der Waals surface area contributed by atoms with E-state index in [0.29, 0.717) is 12.8 Å². The van der Waals surface area contributed by atoms with E-state index in [2.05, 4.69) is 6.92 Å². The number of aliphatic carboxylic acids is 1. The van der Waals surface area contributed by atoms with Crippen LogP contribution in [0.1, 0.15) is 117 Å². The van der Waals surface area contributed by atoms with Gasteiger partial charge in [-0.2, -0.15) is 8.42 Å². The Labute approximate surface area is 214 Å². The zero-order valence-corrected chi connectivity index (χ0v) is 23.7. The van der Waals surface area contributed by atoms with Gasteiger partial charge in [-0.3, -0.25) is 4.55 Å². The molecule has 0 aliphatic carbocycles. The average molecular weight is 524 g/mol. The Kier molecular flexibility index (Phi) is 16.5. The van der Waals surface area contributed by atoms with E-state index in [0.717, 1.165) is 19.3 Å². The van der Waals surface area contributed by atoms with Crippen molar-refractivity contribution in [3.63, 3.8) is 0 Å². The minimum Gasteiger partial charge on any atom is -0.544 e. The molecule has 0 saturated heterocycles. The van der Waals surface area contributed by atoms with Crippen molar-refractivity contribution < 1.29 is 37.6 Å². The van der Waals surface area contributed by atoms with Gasteiger partial charge in [0.05, 0.1) is 38.1 Å². The van der Waals surface area contributed by atoms with Crippen LogP contribution >= 0.6 is 0 Å². The van der Waals surface area contributed by atoms with Crippen LogP contribution in [0.25, 0.3) is 0 Å². The highest BCUT2D eigenvalue weighted by atomic mass is 32.2. The average Bonchev–Trinajstić information content (AvgIpc) is 2.71. The zero-order valence-electron chi connectivity index (χ0n) is 22.9. The first kappa shape index (κ1) is 34.3. The van der Waals surface area contributed by atoms with E-state index in [1.807, 2.05) is 0 Å². The SMILES string of the molecule is CCCCCCCCCCCCC(CC(C)O)[N+](C)(C)C(CCCS(=O)(=O)O)(CC(C)O)C(=O)[O-]. The maximum atomic E-state index is 12.6. The number of carbonyl (C=O) groups excluding carboxylic acids is 1. The van der Waals surface area contributed by atoms with E-state index in [1.165, 1.54) is 51.9 Å². The summed E-state index contributed by atoms with van der Waals surface area (Å²) in [5.74, 6) is -1.90. The molecule has 0 aromatic rings. The monoisotopic (exact) mass is 523 g/mol. The number of hydrogen-bond donors (Lipinski definition) is 3. The molecule has 0 spiro atoms. The predicted molar refractivity (Wildman–Crippen MR) is 138 cm³/mol. The Morgan fingerprint density at radius 2 is 1.37 bits per heavy atom. The van der Waals surface area contributed by atoms with Gasteiger partial charge in [0.25, 0.3) is 10.1 Å². The first-order valence-corrected chi connectivity index (χ1v) is 15.2. The van der Waals surface area contributed by atoms with E-state index in [-0.39, 0.29) is 29.8 Å². The molecule has 0 aliphatic rings. The Hall–Kier alpha value is -0.740. The summed E-state index contributed by atoms with van der Waals surface area (Å²) in [4.78, 5) is 12.6. The third kappa shape index (κ3) is 13.4. The van der Waals surface area contributed by atoms with Gasteiger partial charge in [-0.05, 0) is 33.1 Å². The van der Waals surface area contributed by atoms with Crippen molar-refractivity contribution in [1.29, 1.82) is 0 Å². The molecule has 0 aliphatic heterocycles. The number of rotatable bonds is 22. The lowest BCUT2D eigenvalue weighted by molar-refractivity contribution is -0.959. The van der Waals surface area contributed by atoms with Gasteiger partial charge in [-0.25, -0.2) is 0 Å². The number of nitrogens with zero attached hydrogens (tertiary/aromatic N) is 1. The lowest BCUT2D eigenvalue weighted by Gasteiger charge is -2.54. The molecule has 0 bridgehead atoms. The molecular formula is C26H53NO7S. The van der Waals surface area contributed by atoms with Crippen LogP contribution in [0.15, 0.2) is 0 Å². The normalized spacial score (nSPS) is 17.0. The maximum absolute atomic E-state index is 12.6. The Balaban J connectivity index is 5.34. The van der Waals surface area contributed by atoms with E-state index in [4.69, 9.17) is 4.55 Å². The van der Waals surface area contributed by atoms with Crippen molar-refractivity contribution in [2.24, 2.45) is 0 Å². The fraction of sp³-hybridized carbons (Fsp3) is 0.962. The van der Waals surface area contributed by atoms with Gasteiger partial charge < -0.3 is 24.6 Å². The molecule has 4 atom stereocenters. The van der Waals surface area contributed by atoms with Crippen LogP contribution in [-0.2, 0) is 14.9 Å². The standard InChI is InChI=1S/C26H53NO7S/c1-6-7-8-9-10-11-12-13-14-15-17-24(20-22(2)28)27(4,5)26(25(30)31,21-23(3)29)18-16-19-35(32,33)34/h22-24,28-29H,6-21H2,1-5H3,(H-,30,31,32,33,34). The van der Waals surface area contributed by atoms with Crippen LogP contribution in [0.5, 0.6) is 0 Å². The van der Waals surface area contributed by atoms with Gasteiger partial charge in [0.15, 0.2) is 0 Å². The Morgan fingerprint density at radius 3 is 1.77 bits per heavy atom. The van der Waals surface area contributed by atoms with Crippen molar-refractivity contribution in [3.05, 3.63) is 0 Å². The number of unbranched alkanes of at least 4 members (excludes halogenated alkanes) is 9. The molecule has 3 N–H and O–H groups in total. The van der Waals surface area contributed by atoms with E-state index < -0.39 is 39.6 Å². The quantitative estimate of drug-likeness (QED) is 0.112. The van der Waals surface area contributed by atoms with Crippen molar-refractivity contribution in [1.82, 2.24) is 0 Å². The van der Waals surface area contributed by atoms with Crippen LogP contribution in [0.4, 0.5) is 0 Å². The molecule has 0 amide bonds. The molecule has 0 rings (SSSR count). The lowest BCUT2D eigenvalue weighted by atomic mass is 9.81. The molecule has 0 aromatic carbocycles. The van der Waals surface area contributed by atoms with Gasteiger partial charge in [0, 0.05) is 19.3 Å².